The first kappa shape index (κ1) is 44.2. The lowest BCUT2D eigenvalue weighted by Crippen LogP contribution is -2.64. The van der Waals surface area contributed by atoms with Gasteiger partial charge in [-0.3, -0.25) is 4.79 Å². The van der Waals surface area contributed by atoms with Crippen molar-refractivity contribution in [2.24, 2.45) is 0 Å². The first-order chi connectivity index (χ1) is 24.2. The molecule has 2 heterocycles. The highest BCUT2D eigenvalue weighted by Crippen LogP contribution is 2.30. The zero-order chi connectivity index (χ0) is 36.7. The topological polar surface area (TPSA) is 194 Å². The summed E-state index contributed by atoms with van der Waals surface area (Å²) in [5.41, 5.74) is 0. The van der Waals surface area contributed by atoms with Gasteiger partial charge in [0.2, 0.25) is 0 Å². The van der Waals surface area contributed by atoms with Crippen LogP contribution in [0.3, 0.4) is 0 Å². The van der Waals surface area contributed by atoms with Gasteiger partial charge in [-0.25, -0.2) is 0 Å². The van der Waals surface area contributed by atoms with Crippen molar-refractivity contribution in [2.45, 2.75) is 152 Å². The third-order valence-electron chi connectivity index (χ3n) is 8.60. The molecule has 11 atom stereocenters. The number of ether oxygens (including phenoxy) is 6. The first-order valence-electron chi connectivity index (χ1n) is 18.1. The van der Waals surface area contributed by atoms with Crippen molar-refractivity contribution >= 4 is 5.97 Å². The highest BCUT2D eigenvalue weighted by molar-refractivity contribution is 5.69. The van der Waals surface area contributed by atoms with Crippen molar-refractivity contribution < 1.29 is 63.9 Å². The van der Waals surface area contributed by atoms with Gasteiger partial charge in [-0.05, 0) is 51.4 Å². The number of hydrogen-bond acceptors (Lipinski definition) is 13. The molecule has 288 valence electrons. The van der Waals surface area contributed by atoms with Crippen LogP contribution < -0.4 is 0 Å². The number of carbonyl (C=O) groups excluding carboxylic acids is 1. The number of unbranched alkanes of at least 4 members (excludes halogenated alkanes) is 4. The van der Waals surface area contributed by atoms with Crippen molar-refractivity contribution in [1.82, 2.24) is 0 Å². The molecule has 13 heteroatoms. The van der Waals surface area contributed by atoms with E-state index in [-0.39, 0.29) is 19.6 Å². The molecule has 2 aliphatic rings. The van der Waals surface area contributed by atoms with Crippen LogP contribution in [-0.4, -0.2) is 131 Å². The molecular weight excluding hydrogens is 652 g/mol. The predicted octanol–water partition coefficient (Wildman–Crippen LogP) is 2.75. The van der Waals surface area contributed by atoms with E-state index in [1.807, 2.05) is 6.08 Å². The molecule has 2 saturated heterocycles. The van der Waals surface area contributed by atoms with E-state index >= 15 is 0 Å². The third-order valence-corrected chi connectivity index (χ3v) is 8.60. The van der Waals surface area contributed by atoms with E-state index in [1.54, 1.807) is 6.92 Å². The summed E-state index contributed by atoms with van der Waals surface area (Å²) in [5.74, 6) is -0.391. The molecule has 13 nitrogen and oxygen atoms in total. The van der Waals surface area contributed by atoms with Crippen LogP contribution in [0.5, 0.6) is 0 Å². The van der Waals surface area contributed by atoms with E-state index in [2.05, 4.69) is 49.5 Å². The smallest absolute Gasteiger partial charge is 0.305 e. The molecule has 2 fully saturated rings. The van der Waals surface area contributed by atoms with Gasteiger partial charge in [-0.1, -0.05) is 75.3 Å². The second-order valence-corrected chi connectivity index (χ2v) is 12.6. The van der Waals surface area contributed by atoms with E-state index in [9.17, 15) is 35.4 Å². The van der Waals surface area contributed by atoms with E-state index in [4.69, 9.17) is 28.4 Å². The Morgan fingerprint density at radius 1 is 0.700 bits per heavy atom. The quantitative estimate of drug-likeness (QED) is 0.0486. The lowest BCUT2D eigenvalue weighted by atomic mass is 9.96. The molecule has 1 unspecified atom stereocenters. The number of aliphatic hydroxyl groups excluding tert-OH is 6. The number of carbonyl (C=O) groups is 1. The van der Waals surface area contributed by atoms with Crippen LogP contribution in [0.25, 0.3) is 0 Å². The Hall–Kier alpha value is -2.01. The predicted molar refractivity (Wildman–Crippen MR) is 186 cm³/mol. The average molecular weight is 715 g/mol. The molecule has 50 heavy (non-hydrogen) atoms. The van der Waals surface area contributed by atoms with Crippen molar-refractivity contribution in [3.63, 3.8) is 0 Å². The lowest BCUT2D eigenvalue weighted by Gasteiger charge is -2.46. The largest absolute Gasteiger partial charge is 0.463 e. The van der Waals surface area contributed by atoms with E-state index in [1.165, 1.54) is 26.4 Å². The van der Waals surface area contributed by atoms with Crippen LogP contribution in [0.4, 0.5) is 0 Å². The molecule has 2 aliphatic heterocycles. The Bertz CT molecular complexity index is 1020. The Kier molecular flexibility index (Phi) is 22.8. The summed E-state index contributed by atoms with van der Waals surface area (Å²) in [5, 5.41) is 62.1. The SMILES string of the molecule is CCCCC/C=C\C/C=C\C/C=C\C/C=C\CCCC(=O)OCC(CO[C@@H]1O[C@H](CO)[C@@H](O)[C@H](O[C@@H]2O[C@H](CC)[C@@H](O)[C@H](O)[C@H]2O)[C@H]1O)OC. The van der Waals surface area contributed by atoms with Gasteiger partial charge >= 0.3 is 5.97 Å². The molecule has 0 bridgehead atoms. The highest BCUT2D eigenvalue weighted by Gasteiger charge is 2.50. The number of rotatable bonds is 24. The maximum Gasteiger partial charge on any atom is 0.305 e. The maximum absolute atomic E-state index is 12.3. The second kappa shape index (κ2) is 25.9. The Balaban J connectivity index is 1.68. The highest BCUT2D eigenvalue weighted by atomic mass is 16.7. The van der Waals surface area contributed by atoms with E-state index < -0.39 is 80.1 Å². The fourth-order valence-corrected chi connectivity index (χ4v) is 5.44. The summed E-state index contributed by atoms with van der Waals surface area (Å²) in [4.78, 5) is 12.3. The molecule has 0 saturated carbocycles. The van der Waals surface area contributed by atoms with Crippen LogP contribution in [0, 0.1) is 0 Å². The molecule has 0 amide bonds. The molecule has 0 aromatic heterocycles. The van der Waals surface area contributed by atoms with Crippen molar-refractivity contribution in [3.8, 4) is 0 Å². The zero-order valence-electron chi connectivity index (χ0n) is 29.9. The van der Waals surface area contributed by atoms with Gasteiger partial charge in [-0.15, -0.1) is 0 Å². The summed E-state index contributed by atoms with van der Waals surface area (Å²) in [6, 6.07) is 0. The van der Waals surface area contributed by atoms with Gasteiger partial charge in [0, 0.05) is 13.5 Å². The molecular formula is C37H62O13. The molecule has 0 aromatic rings. The van der Waals surface area contributed by atoms with Crippen molar-refractivity contribution in [3.05, 3.63) is 48.6 Å². The maximum atomic E-state index is 12.3. The standard InChI is InChI=1S/C37H62O13/c1-4-6-7-8-9-10-11-12-13-14-15-16-17-18-19-20-21-22-29(39)46-24-26(45-3)25-47-36-34(44)35(31(41)28(23-38)49-36)50-37-33(43)32(42)30(40)27(5-2)48-37/h9-10,12-13,15-16,18-19,26-28,30-38,40-44H,4-8,11,14,17,20-25H2,1-3H3/b10-9-,13-12-,16-15-,19-18-/t26?,27-,28-,30-,31-,32+,33-,34-,35+,36-,37+/m1/s1. The van der Waals surface area contributed by atoms with E-state index in [0.717, 1.165) is 32.1 Å². The van der Waals surface area contributed by atoms with Crippen LogP contribution in [-0.2, 0) is 33.2 Å². The Labute approximate surface area is 297 Å². The summed E-state index contributed by atoms with van der Waals surface area (Å²) >= 11 is 0. The van der Waals surface area contributed by atoms with Crippen molar-refractivity contribution in [1.29, 1.82) is 0 Å². The van der Waals surface area contributed by atoms with Gasteiger partial charge in [0.05, 0.1) is 19.3 Å². The molecule has 6 N–H and O–H groups in total. The van der Waals surface area contributed by atoms with E-state index in [0.29, 0.717) is 12.8 Å². The van der Waals surface area contributed by atoms with Gasteiger partial charge in [0.1, 0.15) is 55.4 Å². The summed E-state index contributed by atoms with van der Waals surface area (Å²) in [6.07, 6.45) is 11.8. The Morgan fingerprint density at radius 2 is 1.30 bits per heavy atom. The minimum absolute atomic E-state index is 0.116. The van der Waals surface area contributed by atoms with Gasteiger partial charge in [-0.2, -0.15) is 0 Å². The van der Waals surface area contributed by atoms with Crippen molar-refractivity contribution in [2.75, 3.05) is 26.9 Å². The number of hydrogen-bond donors (Lipinski definition) is 6. The third kappa shape index (κ3) is 15.7. The van der Waals surface area contributed by atoms with Crippen LogP contribution in [0.2, 0.25) is 0 Å². The lowest BCUT2D eigenvalue weighted by molar-refractivity contribution is -0.360. The molecule has 2 rings (SSSR count). The number of allylic oxidation sites excluding steroid dienone is 8. The average Bonchev–Trinajstić information content (AvgIpc) is 3.12. The number of aliphatic hydroxyl groups is 6. The van der Waals surface area contributed by atoms with Gasteiger partial charge in [0.15, 0.2) is 12.6 Å². The Morgan fingerprint density at radius 3 is 1.88 bits per heavy atom. The van der Waals surface area contributed by atoms with Crippen LogP contribution >= 0.6 is 0 Å². The molecule has 0 aromatic carbocycles. The fourth-order valence-electron chi connectivity index (χ4n) is 5.44. The monoisotopic (exact) mass is 714 g/mol. The summed E-state index contributed by atoms with van der Waals surface area (Å²) in [7, 11) is 1.40. The molecule has 0 spiro atoms. The fraction of sp³-hybridized carbons (Fsp3) is 0.757. The summed E-state index contributed by atoms with van der Waals surface area (Å²) in [6.45, 7) is 2.98. The summed E-state index contributed by atoms with van der Waals surface area (Å²) < 4.78 is 33.1. The van der Waals surface area contributed by atoms with Gasteiger partial charge in [0.25, 0.3) is 0 Å². The first-order valence-corrected chi connectivity index (χ1v) is 18.1. The van der Waals surface area contributed by atoms with Crippen LogP contribution in [0.15, 0.2) is 48.6 Å². The number of esters is 1. The zero-order valence-corrected chi connectivity index (χ0v) is 29.9. The normalized spacial score (nSPS) is 31.4. The minimum Gasteiger partial charge on any atom is -0.463 e. The van der Waals surface area contributed by atoms with Gasteiger partial charge < -0.3 is 59.1 Å². The molecule has 0 aliphatic carbocycles. The minimum atomic E-state index is -1.68. The second-order valence-electron chi connectivity index (χ2n) is 12.6. The number of methoxy groups -OCH3 is 1. The molecule has 0 radical (unpaired) electrons. The van der Waals surface area contributed by atoms with Crippen LogP contribution in [0.1, 0.15) is 84.5 Å².